The van der Waals surface area contributed by atoms with Gasteiger partial charge in [0.25, 0.3) is 0 Å². The molecule has 0 radical (unpaired) electrons. The van der Waals surface area contributed by atoms with E-state index in [1.165, 1.54) is 5.56 Å². The first-order valence-electron chi connectivity index (χ1n) is 8.50. The largest absolute Gasteiger partial charge is 0.449 e. The number of aryl methyl sites for hydroxylation is 1. The van der Waals surface area contributed by atoms with E-state index in [2.05, 4.69) is 35.0 Å². The molecular formula is C17H26N4O2. The molecule has 3 rings (SSSR count). The van der Waals surface area contributed by atoms with Crippen LogP contribution >= 0.6 is 0 Å². The molecule has 1 saturated heterocycles. The summed E-state index contributed by atoms with van der Waals surface area (Å²) in [4.78, 5) is 14.1. The average molecular weight is 318 g/mol. The number of carbonyl (C=O) groups excluding carboxylic acids is 1. The molecule has 6 nitrogen and oxygen atoms in total. The minimum atomic E-state index is -0.227. The van der Waals surface area contributed by atoms with Crippen molar-refractivity contribution in [3.05, 3.63) is 23.3 Å². The molecule has 1 amide bonds. The van der Waals surface area contributed by atoms with Crippen LogP contribution in [0.3, 0.4) is 0 Å². The summed E-state index contributed by atoms with van der Waals surface area (Å²) in [6.07, 6.45) is 2.65. The van der Waals surface area contributed by atoms with Gasteiger partial charge in [0, 0.05) is 30.9 Å². The Morgan fingerprint density at radius 2 is 2.17 bits per heavy atom. The zero-order valence-corrected chi connectivity index (χ0v) is 13.9. The fraction of sp³-hybridized carbons (Fsp3) is 0.588. The monoisotopic (exact) mass is 318 g/mol. The van der Waals surface area contributed by atoms with Gasteiger partial charge >= 0.3 is 6.09 Å². The number of nitrogens with zero attached hydrogens (tertiary/aromatic N) is 1. The third-order valence-electron chi connectivity index (χ3n) is 4.41. The van der Waals surface area contributed by atoms with Gasteiger partial charge in [-0.2, -0.15) is 0 Å². The van der Waals surface area contributed by atoms with Crippen LogP contribution in [-0.2, 0) is 11.2 Å². The van der Waals surface area contributed by atoms with Gasteiger partial charge in [-0.15, -0.1) is 0 Å². The van der Waals surface area contributed by atoms with Crippen LogP contribution in [0.15, 0.2) is 12.1 Å². The highest BCUT2D eigenvalue weighted by Crippen LogP contribution is 2.37. The third kappa shape index (κ3) is 3.43. The Bertz CT molecular complexity index is 570. The summed E-state index contributed by atoms with van der Waals surface area (Å²) in [5.41, 5.74) is 4.41. The highest BCUT2D eigenvalue weighted by Gasteiger charge is 2.30. The number of hydrogen-bond acceptors (Lipinski definition) is 5. The van der Waals surface area contributed by atoms with E-state index in [1.807, 2.05) is 6.92 Å². The number of unbranched alkanes of at least 4 members (excludes halogenated alkanes) is 1. The van der Waals surface area contributed by atoms with E-state index in [0.717, 1.165) is 49.3 Å². The van der Waals surface area contributed by atoms with Gasteiger partial charge in [-0.1, -0.05) is 19.4 Å². The van der Waals surface area contributed by atoms with Crippen LogP contribution in [0.4, 0.5) is 16.2 Å². The van der Waals surface area contributed by atoms with Gasteiger partial charge in [-0.05, 0) is 31.4 Å². The minimum Gasteiger partial charge on any atom is -0.449 e. The molecule has 1 aromatic rings. The Kier molecular flexibility index (Phi) is 5.03. The SMILES string of the molecule is CCCCOC(=O)N1CCc2c(NC3NCCN3)ccc(C)c21. The standard InChI is InChI=1S/C17H26N4O2/c1-3-4-11-23-17(22)21-10-7-13-14(6-5-12(2)15(13)21)20-16-18-8-9-19-16/h5-6,16,18-20H,3-4,7-11H2,1-2H3. The lowest BCUT2D eigenvalue weighted by molar-refractivity contribution is 0.152. The van der Waals surface area contributed by atoms with Crippen LogP contribution < -0.4 is 20.9 Å². The maximum absolute atomic E-state index is 12.3. The molecule has 1 aromatic carbocycles. The fourth-order valence-electron chi connectivity index (χ4n) is 3.18. The van der Waals surface area contributed by atoms with Crippen LogP contribution in [0.1, 0.15) is 30.9 Å². The molecule has 0 unspecified atom stereocenters. The van der Waals surface area contributed by atoms with Crippen LogP contribution in [0.2, 0.25) is 0 Å². The van der Waals surface area contributed by atoms with Crippen LogP contribution in [0, 0.1) is 6.92 Å². The van der Waals surface area contributed by atoms with Crippen molar-refractivity contribution in [1.29, 1.82) is 0 Å². The number of rotatable bonds is 5. The van der Waals surface area contributed by atoms with Gasteiger partial charge in [-0.25, -0.2) is 4.79 Å². The van der Waals surface area contributed by atoms with Gasteiger partial charge in [0.2, 0.25) is 0 Å². The summed E-state index contributed by atoms with van der Waals surface area (Å²) < 4.78 is 5.39. The smallest absolute Gasteiger partial charge is 0.414 e. The number of ether oxygens (including phenoxy) is 1. The molecule has 2 aliphatic heterocycles. The normalized spacial score (nSPS) is 17.4. The molecule has 126 valence electrons. The lowest BCUT2D eigenvalue weighted by Crippen LogP contribution is -2.39. The van der Waals surface area contributed by atoms with E-state index < -0.39 is 0 Å². The second-order valence-electron chi connectivity index (χ2n) is 6.11. The first-order chi connectivity index (χ1) is 11.2. The maximum atomic E-state index is 12.3. The third-order valence-corrected chi connectivity index (χ3v) is 4.41. The number of benzene rings is 1. The molecule has 0 atom stereocenters. The van der Waals surface area contributed by atoms with Crippen molar-refractivity contribution in [2.45, 2.75) is 39.4 Å². The van der Waals surface area contributed by atoms with Crippen molar-refractivity contribution >= 4 is 17.5 Å². The van der Waals surface area contributed by atoms with Gasteiger partial charge < -0.3 is 10.1 Å². The molecular weight excluding hydrogens is 292 g/mol. The predicted octanol–water partition coefficient (Wildman–Crippen LogP) is 2.18. The van der Waals surface area contributed by atoms with Gasteiger partial charge in [-0.3, -0.25) is 15.5 Å². The summed E-state index contributed by atoms with van der Waals surface area (Å²) in [5, 5.41) is 10.2. The topological polar surface area (TPSA) is 65.6 Å². The summed E-state index contributed by atoms with van der Waals surface area (Å²) in [5.74, 6) is 0. The highest BCUT2D eigenvalue weighted by molar-refractivity contribution is 5.93. The molecule has 0 bridgehead atoms. The maximum Gasteiger partial charge on any atom is 0.414 e. The van der Waals surface area contributed by atoms with Crippen molar-refractivity contribution in [3.8, 4) is 0 Å². The number of nitrogens with one attached hydrogen (secondary N) is 3. The number of fused-ring (bicyclic) bond motifs is 1. The molecule has 2 aliphatic rings. The fourth-order valence-corrected chi connectivity index (χ4v) is 3.18. The zero-order valence-electron chi connectivity index (χ0n) is 13.9. The zero-order chi connectivity index (χ0) is 16.2. The number of anilines is 2. The predicted molar refractivity (Wildman–Crippen MR) is 91.9 cm³/mol. The molecule has 0 saturated carbocycles. The Morgan fingerprint density at radius 1 is 1.39 bits per heavy atom. The number of hydrogen-bond donors (Lipinski definition) is 3. The van der Waals surface area contributed by atoms with Crippen molar-refractivity contribution < 1.29 is 9.53 Å². The summed E-state index contributed by atoms with van der Waals surface area (Å²) >= 11 is 0. The lowest BCUT2D eigenvalue weighted by Gasteiger charge is -2.21. The molecule has 0 aromatic heterocycles. The van der Waals surface area contributed by atoms with Gasteiger partial charge in [0.15, 0.2) is 0 Å². The van der Waals surface area contributed by atoms with E-state index in [9.17, 15) is 4.79 Å². The summed E-state index contributed by atoms with van der Waals surface area (Å²) in [7, 11) is 0. The Labute approximate surface area is 137 Å². The summed E-state index contributed by atoms with van der Waals surface area (Å²) in [6.45, 7) is 7.24. The van der Waals surface area contributed by atoms with Crippen LogP contribution in [0.25, 0.3) is 0 Å². The molecule has 6 heteroatoms. The van der Waals surface area contributed by atoms with Gasteiger partial charge in [0.05, 0.1) is 12.3 Å². The van der Waals surface area contributed by atoms with E-state index in [0.29, 0.717) is 13.2 Å². The lowest BCUT2D eigenvalue weighted by atomic mass is 10.1. The summed E-state index contributed by atoms with van der Waals surface area (Å²) in [6, 6.07) is 4.16. The number of carbonyl (C=O) groups is 1. The quantitative estimate of drug-likeness (QED) is 0.726. The van der Waals surface area contributed by atoms with Crippen molar-refractivity contribution in [2.75, 3.05) is 36.5 Å². The Balaban J connectivity index is 1.76. The van der Waals surface area contributed by atoms with E-state index in [-0.39, 0.29) is 12.4 Å². The van der Waals surface area contributed by atoms with Gasteiger partial charge in [0.1, 0.15) is 6.29 Å². The molecule has 0 aliphatic carbocycles. The average Bonchev–Trinajstić information content (AvgIpc) is 3.20. The molecule has 23 heavy (non-hydrogen) atoms. The van der Waals surface area contributed by atoms with Crippen molar-refractivity contribution in [1.82, 2.24) is 10.6 Å². The molecule has 1 fully saturated rings. The van der Waals surface area contributed by atoms with E-state index >= 15 is 0 Å². The minimum absolute atomic E-state index is 0.0901. The highest BCUT2D eigenvalue weighted by atomic mass is 16.6. The van der Waals surface area contributed by atoms with E-state index in [1.54, 1.807) is 4.90 Å². The van der Waals surface area contributed by atoms with Crippen molar-refractivity contribution in [3.63, 3.8) is 0 Å². The Morgan fingerprint density at radius 3 is 2.91 bits per heavy atom. The van der Waals surface area contributed by atoms with Crippen LogP contribution in [-0.4, -0.2) is 38.6 Å². The molecule has 0 spiro atoms. The Hall–Kier alpha value is -1.79. The van der Waals surface area contributed by atoms with Crippen LogP contribution in [0.5, 0.6) is 0 Å². The van der Waals surface area contributed by atoms with Crippen molar-refractivity contribution in [2.24, 2.45) is 0 Å². The first kappa shape index (κ1) is 16.1. The molecule has 2 heterocycles. The first-order valence-corrected chi connectivity index (χ1v) is 8.50. The second-order valence-corrected chi connectivity index (χ2v) is 6.11. The molecule has 3 N–H and O–H groups in total. The second kappa shape index (κ2) is 7.19. The number of amides is 1. The van der Waals surface area contributed by atoms with E-state index in [4.69, 9.17) is 4.74 Å².